The smallest absolute Gasteiger partial charge is 0.0931 e. The summed E-state index contributed by atoms with van der Waals surface area (Å²) in [5.74, 6) is 0. The highest BCUT2D eigenvalue weighted by molar-refractivity contribution is 5.43. The van der Waals surface area contributed by atoms with Gasteiger partial charge in [0.1, 0.15) is 0 Å². The molecular formula is C11H18N2O2. The lowest BCUT2D eigenvalue weighted by Crippen LogP contribution is -2.26. The Bertz CT molecular complexity index is 296. The number of pyridine rings is 1. The average molecular weight is 210 g/mol. The number of rotatable bonds is 4. The third kappa shape index (κ3) is 3.49. The molecule has 0 aliphatic rings. The lowest BCUT2D eigenvalue weighted by Gasteiger charge is -2.20. The van der Waals surface area contributed by atoms with E-state index in [9.17, 15) is 10.2 Å². The molecule has 0 bridgehead atoms. The minimum absolute atomic E-state index is 0.369. The van der Waals surface area contributed by atoms with Crippen molar-refractivity contribution in [2.24, 2.45) is 0 Å². The fourth-order valence-corrected chi connectivity index (χ4v) is 1.37. The van der Waals surface area contributed by atoms with Crippen molar-refractivity contribution in [2.45, 2.75) is 26.1 Å². The molecule has 0 aromatic carbocycles. The Balaban J connectivity index is 2.71. The monoisotopic (exact) mass is 210 g/mol. The number of aromatic nitrogens is 1. The van der Waals surface area contributed by atoms with E-state index in [2.05, 4.69) is 4.98 Å². The van der Waals surface area contributed by atoms with Crippen molar-refractivity contribution in [3.63, 3.8) is 0 Å². The van der Waals surface area contributed by atoms with Crippen LogP contribution in [0.15, 0.2) is 18.3 Å². The van der Waals surface area contributed by atoms with Gasteiger partial charge in [-0.25, -0.2) is 0 Å². The topological polar surface area (TPSA) is 56.6 Å². The molecule has 1 unspecified atom stereocenters. The number of aliphatic hydroxyl groups excluding tert-OH is 2. The third-order valence-electron chi connectivity index (χ3n) is 2.18. The van der Waals surface area contributed by atoms with Crippen LogP contribution >= 0.6 is 0 Å². The summed E-state index contributed by atoms with van der Waals surface area (Å²) in [5.41, 5.74) is 1.59. The van der Waals surface area contributed by atoms with E-state index in [1.807, 2.05) is 18.0 Å². The highest BCUT2D eigenvalue weighted by atomic mass is 16.3. The van der Waals surface area contributed by atoms with E-state index in [0.29, 0.717) is 12.2 Å². The summed E-state index contributed by atoms with van der Waals surface area (Å²) in [4.78, 5) is 6.05. The van der Waals surface area contributed by atoms with Gasteiger partial charge in [-0.3, -0.25) is 4.98 Å². The van der Waals surface area contributed by atoms with Gasteiger partial charge in [0.05, 0.1) is 29.8 Å². The number of aliphatic hydroxyl groups is 2. The second-order valence-corrected chi connectivity index (χ2v) is 3.85. The van der Waals surface area contributed by atoms with Crippen molar-refractivity contribution in [3.05, 3.63) is 24.0 Å². The zero-order chi connectivity index (χ0) is 11.4. The van der Waals surface area contributed by atoms with Crippen LogP contribution < -0.4 is 4.90 Å². The fraction of sp³-hybridized carbons (Fsp3) is 0.545. The summed E-state index contributed by atoms with van der Waals surface area (Å²) < 4.78 is 0. The van der Waals surface area contributed by atoms with Gasteiger partial charge in [0.15, 0.2) is 0 Å². The van der Waals surface area contributed by atoms with E-state index < -0.39 is 6.10 Å². The van der Waals surface area contributed by atoms with Crippen molar-refractivity contribution >= 4 is 5.69 Å². The van der Waals surface area contributed by atoms with Crippen LogP contribution in [0.5, 0.6) is 0 Å². The van der Waals surface area contributed by atoms with E-state index in [-0.39, 0.29) is 6.10 Å². The lowest BCUT2D eigenvalue weighted by molar-refractivity contribution is 0.194. The molecule has 0 aliphatic heterocycles. The molecule has 1 aromatic heterocycles. The summed E-state index contributed by atoms with van der Waals surface area (Å²) >= 11 is 0. The Morgan fingerprint density at radius 3 is 2.40 bits per heavy atom. The first-order chi connectivity index (χ1) is 7.00. The molecule has 1 rings (SSSR count). The lowest BCUT2D eigenvalue weighted by atomic mass is 10.2. The molecule has 84 valence electrons. The first-order valence-corrected chi connectivity index (χ1v) is 5.04. The molecule has 0 saturated carbocycles. The van der Waals surface area contributed by atoms with Gasteiger partial charge in [-0.15, -0.1) is 0 Å². The predicted octanol–water partition coefficient (Wildman–Crippen LogP) is 0.952. The van der Waals surface area contributed by atoms with Gasteiger partial charge in [-0.05, 0) is 26.0 Å². The Hall–Kier alpha value is -1.13. The first-order valence-electron chi connectivity index (χ1n) is 5.04. The predicted molar refractivity (Wildman–Crippen MR) is 59.8 cm³/mol. The maximum absolute atomic E-state index is 9.28. The van der Waals surface area contributed by atoms with Gasteiger partial charge < -0.3 is 15.1 Å². The zero-order valence-electron chi connectivity index (χ0n) is 9.38. The molecule has 2 atom stereocenters. The molecule has 0 saturated heterocycles. The maximum Gasteiger partial charge on any atom is 0.0931 e. The second kappa shape index (κ2) is 5.09. The standard InChI is InChI=1S/C11H18N2O2/c1-8(14)7-13(3)10-4-5-11(9(2)15)12-6-10/h4-6,8-9,14-15H,7H2,1-3H3/t8?,9-/m1/s1. The van der Waals surface area contributed by atoms with Crippen LogP contribution in [-0.4, -0.2) is 34.9 Å². The highest BCUT2D eigenvalue weighted by Gasteiger charge is 2.06. The number of likely N-dealkylation sites (N-methyl/N-ethyl adjacent to an activating group) is 1. The van der Waals surface area contributed by atoms with E-state index >= 15 is 0 Å². The zero-order valence-corrected chi connectivity index (χ0v) is 9.38. The molecule has 0 fully saturated rings. The Labute approximate surface area is 90.2 Å². The molecule has 0 radical (unpaired) electrons. The van der Waals surface area contributed by atoms with Gasteiger partial charge >= 0.3 is 0 Å². The molecule has 1 aromatic rings. The summed E-state index contributed by atoms with van der Waals surface area (Å²) in [5, 5.41) is 18.5. The van der Waals surface area contributed by atoms with Crippen LogP contribution in [-0.2, 0) is 0 Å². The van der Waals surface area contributed by atoms with Gasteiger partial charge in [0.25, 0.3) is 0 Å². The number of nitrogens with zero attached hydrogens (tertiary/aromatic N) is 2. The summed E-state index contributed by atoms with van der Waals surface area (Å²) in [6.07, 6.45) is 0.789. The third-order valence-corrected chi connectivity index (χ3v) is 2.18. The van der Waals surface area contributed by atoms with E-state index in [4.69, 9.17) is 0 Å². The largest absolute Gasteiger partial charge is 0.392 e. The number of anilines is 1. The summed E-state index contributed by atoms with van der Waals surface area (Å²) in [7, 11) is 1.89. The molecule has 0 amide bonds. The SMILES string of the molecule is CC(O)CN(C)c1ccc([C@@H](C)O)nc1. The molecule has 1 heterocycles. The highest BCUT2D eigenvalue weighted by Crippen LogP contribution is 2.15. The van der Waals surface area contributed by atoms with E-state index in [1.54, 1.807) is 26.1 Å². The Morgan fingerprint density at radius 2 is 2.00 bits per heavy atom. The number of hydrogen-bond acceptors (Lipinski definition) is 4. The first kappa shape index (κ1) is 11.9. The van der Waals surface area contributed by atoms with Crippen molar-refractivity contribution in [1.29, 1.82) is 0 Å². The molecule has 0 spiro atoms. The van der Waals surface area contributed by atoms with Gasteiger partial charge in [0.2, 0.25) is 0 Å². The van der Waals surface area contributed by atoms with E-state index in [0.717, 1.165) is 5.69 Å². The van der Waals surface area contributed by atoms with Crippen LogP contribution in [0.3, 0.4) is 0 Å². The van der Waals surface area contributed by atoms with E-state index in [1.165, 1.54) is 0 Å². The van der Waals surface area contributed by atoms with Gasteiger partial charge in [-0.1, -0.05) is 0 Å². The van der Waals surface area contributed by atoms with Gasteiger partial charge in [0, 0.05) is 13.6 Å². The minimum Gasteiger partial charge on any atom is -0.392 e. The van der Waals surface area contributed by atoms with Crippen LogP contribution in [0.25, 0.3) is 0 Å². The van der Waals surface area contributed by atoms with Crippen molar-refractivity contribution < 1.29 is 10.2 Å². The number of hydrogen-bond donors (Lipinski definition) is 2. The van der Waals surface area contributed by atoms with Crippen molar-refractivity contribution in [3.8, 4) is 0 Å². The van der Waals surface area contributed by atoms with Crippen LogP contribution in [0.1, 0.15) is 25.6 Å². The van der Waals surface area contributed by atoms with Gasteiger partial charge in [-0.2, -0.15) is 0 Å². The van der Waals surface area contributed by atoms with Crippen LogP contribution in [0, 0.1) is 0 Å². The molecular weight excluding hydrogens is 192 g/mol. The normalized spacial score (nSPS) is 14.7. The quantitative estimate of drug-likeness (QED) is 0.777. The molecule has 4 heteroatoms. The van der Waals surface area contributed by atoms with Crippen molar-refractivity contribution in [2.75, 3.05) is 18.5 Å². The van der Waals surface area contributed by atoms with Crippen LogP contribution in [0.2, 0.25) is 0 Å². The molecule has 2 N–H and O–H groups in total. The fourth-order valence-electron chi connectivity index (χ4n) is 1.37. The summed E-state index contributed by atoms with van der Waals surface area (Å²) in [6, 6.07) is 3.68. The van der Waals surface area contributed by atoms with Crippen LogP contribution in [0.4, 0.5) is 5.69 Å². The minimum atomic E-state index is -0.541. The second-order valence-electron chi connectivity index (χ2n) is 3.85. The molecule has 15 heavy (non-hydrogen) atoms. The average Bonchev–Trinajstić information content (AvgIpc) is 2.17. The maximum atomic E-state index is 9.28. The summed E-state index contributed by atoms with van der Waals surface area (Å²) in [6.45, 7) is 3.99. The Kier molecular flexibility index (Phi) is 4.05. The van der Waals surface area contributed by atoms with Crippen molar-refractivity contribution in [1.82, 2.24) is 4.98 Å². The molecule has 4 nitrogen and oxygen atoms in total. The Morgan fingerprint density at radius 1 is 1.33 bits per heavy atom. The molecule has 0 aliphatic carbocycles.